The van der Waals surface area contributed by atoms with Gasteiger partial charge in [0.15, 0.2) is 5.82 Å². The summed E-state index contributed by atoms with van der Waals surface area (Å²) in [5, 5.41) is 8.69. The molecule has 3 aromatic carbocycles. The molecule has 2 aliphatic rings. The van der Waals surface area contributed by atoms with E-state index >= 15 is 4.39 Å². The Kier molecular flexibility index (Phi) is 9.67. The molecule has 1 amide bonds. The molecule has 2 atom stereocenters. The molecule has 0 saturated carbocycles. The number of fused-ring (bicyclic) bond motifs is 4. The number of nitrogens with one attached hydrogen (secondary N) is 2. The van der Waals surface area contributed by atoms with Gasteiger partial charge in [-0.1, -0.05) is 41.9 Å². The van der Waals surface area contributed by atoms with E-state index in [1.165, 1.54) is 12.1 Å². The average Bonchev–Trinajstić information content (AvgIpc) is 3.43. The predicted molar refractivity (Wildman–Crippen MR) is 177 cm³/mol. The Morgan fingerprint density at radius 3 is 2.42 bits per heavy atom. The largest absolute Gasteiger partial charge is 0.462 e. The second kappa shape index (κ2) is 13.9. The summed E-state index contributed by atoms with van der Waals surface area (Å²) >= 11 is 6.55. The molecule has 7 rings (SSSR count). The van der Waals surface area contributed by atoms with Gasteiger partial charge in [-0.2, -0.15) is 18.4 Å². The molecule has 4 heterocycles. The van der Waals surface area contributed by atoms with E-state index in [9.17, 15) is 21.5 Å². The van der Waals surface area contributed by atoms with Crippen LogP contribution in [0.15, 0.2) is 71.8 Å². The monoisotopic (exact) mass is 698 g/mol. The highest BCUT2D eigenvalue weighted by Gasteiger charge is 2.34. The number of alkyl halides is 1. The smallest absolute Gasteiger partial charge is 0.332 e. The van der Waals surface area contributed by atoms with Crippen molar-refractivity contribution in [3.8, 4) is 17.3 Å². The molecule has 250 valence electrons. The lowest BCUT2D eigenvalue weighted by Gasteiger charge is -2.34. The van der Waals surface area contributed by atoms with Crippen molar-refractivity contribution >= 4 is 55.2 Å². The highest BCUT2D eigenvalue weighted by molar-refractivity contribution is 7.86. The normalized spacial score (nSPS) is 17.2. The summed E-state index contributed by atoms with van der Waals surface area (Å²) in [6, 6.07) is 15.9. The molecule has 2 bridgehead atoms. The summed E-state index contributed by atoms with van der Waals surface area (Å²) in [5.74, 6) is -0.638. The number of ether oxygens (including phenoxy) is 1. The van der Waals surface area contributed by atoms with Gasteiger partial charge < -0.3 is 20.3 Å². The molecular weight excluding hydrogens is 669 g/mol. The molecule has 15 heteroatoms. The second-order valence-corrected chi connectivity index (χ2v) is 13.0. The standard InChI is InChI=1S/C32H27ClF2N6O4S.CH3F/c33-25-6-2-4-18-3-1-5-23(26(18)25)28-27(34)29-24(15-37-28)30(41-16-20-9-10-21(17-41)38-20)40-32(39-29)45-14-13-36-31(42)19-7-11-22(12-8-19)46(35,43)44;1-2/h1-8,11-12,15,20-21,38H,9-10,13-14,16-17H2,(H,36,42);1H3. The fourth-order valence-electron chi connectivity index (χ4n) is 6.16. The second-order valence-electron chi connectivity index (χ2n) is 11.3. The van der Waals surface area contributed by atoms with Gasteiger partial charge in [-0.3, -0.25) is 14.2 Å². The maximum atomic E-state index is 16.5. The van der Waals surface area contributed by atoms with Crippen LogP contribution in [0.2, 0.25) is 5.02 Å². The van der Waals surface area contributed by atoms with Crippen LogP contribution < -0.4 is 20.3 Å². The Morgan fingerprint density at radius 2 is 1.73 bits per heavy atom. The highest BCUT2D eigenvalue weighted by atomic mass is 35.5. The summed E-state index contributed by atoms with van der Waals surface area (Å²) in [6.07, 6.45) is 3.67. The van der Waals surface area contributed by atoms with Gasteiger partial charge >= 0.3 is 16.2 Å². The third kappa shape index (κ3) is 6.73. The summed E-state index contributed by atoms with van der Waals surface area (Å²) in [7, 11) is -4.37. The number of piperazine rings is 1. The Labute approximate surface area is 279 Å². The number of nitrogens with zero attached hydrogens (tertiary/aromatic N) is 4. The highest BCUT2D eigenvalue weighted by Crippen LogP contribution is 2.38. The van der Waals surface area contributed by atoms with Crippen molar-refractivity contribution < 1.29 is 30.6 Å². The Bertz CT molecular complexity index is 2090. The Hall–Kier alpha value is -4.53. The van der Waals surface area contributed by atoms with E-state index in [-0.39, 0.29) is 48.0 Å². The zero-order valence-corrected chi connectivity index (χ0v) is 27.2. The van der Waals surface area contributed by atoms with Crippen LogP contribution in [0, 0.1) is 5.82 Å². The molecule has 5 aromatic rings. The van der Waals surface area contributed by atoms with Gasteiger partial charge in [0.25, 0.3) is 5.91 Å². The van der Waals surface area contributed by atoms with Gasteiger partial charge in [-0.15, -0.1) is 3.89 Å². The number of hydrogen-bond donors (Lipinski definition) is 2. The fraction of sp³-hybridized carbons (Fsp3) is 0.273. The molecule has 0 aliphatic carbocycles. The first-order chi connectivity index (χ1) is 23.2. The van der Waals surface area contributed by atoms with Crippen molar-refractivity contribution in [2.24, 2.45) is 0 Å². The molecule has 2 aromatic heterocycles. The van der Waals surface area contributed by atoms with E-state index in [2.05, 4.69) is 30.5 Å². The fourth-order valence-corrected chi connectivity index (χ4v) is 6.90. The van der Waals surface area contributed by atoms with E-state index in [4.69, 9.17) is 16.3 Å². The lowest BCUT2D eigenvalue weighted by molar-refractivity contribution is 0.0946. The van der Waals surface area contributed by atoms with Gasteiger partial charge in [0.2, 0.25) is 0 Å². The van der Waals surface area contributed by atoms with E-state index in [1.54, 1.807) is 18.3 Å². The number of aromatic nitrogens is 3. The summed E-state index contributed by atoms with van der Waals surface area (Å²) in [5.41, 5.74) is 0.818. The van der Waals surface area contributed by atoms with Crippen molar-refractivity contribution in [3.05, 3.63) is 83.3 Å². The molecule has 2 fully saturated rings. The summed E-state index contributed by atoms with van der Waals surface area (Å²) in [6.45, 7) is 1.36. The first-order valence-corrected chi connectivity index (χ1v) is 16.8. The molecule has 10 nitrogen and oxygen atoms in total. The Morgan fingerprint density at radius 1 is 1.04 bits per heavy atom. The van der Waals surface area contributed by atoms with Crippen molar-refractivity contribution in [2.75, 3.05) is 38.3 Å². The summed E-state index contributed by atoms with van der Waals surface area (Å²) < 4.78 is 67.1. The Balaban J connectivity index is 0.00000197. The number of rotatable bonds is 8. The third-order valence-corrected chi connectivity index (χ3v) is 9.44. The van der Waals surface area contributed by atoms with E-state index in [1.807, 2.05) is 24.3 Å². The van der Waals surface area contributed by atoms with Gasteiger partial charge in [0, 0.05) is 52.9 Å². The van der Waals surface area contributed by atoms with Crippen LogP contribution in [0.5, 0.6) is 6.01 Å². The van der Waals surface area contributed by atoms with Gasteiger partial charge in [0.05, 0.1) is 24.0 Å². The predicted octanol–water partition coefficient (Wildman–Crippen LogP) is 5.63. The van der Waals surface area contributed by atoms with Gasteiger partial charge in [0.1, 0.15) is 23.6 Å². The molecule has 2 unspecified atom stereocenters. The van der Waals surface area contributed by atoms with Crippen LogP contribution in [-0.4, -0.2) is 74.8 Å². The number of carbonyl (C=O) groups is 1. The topological polar surface area (TPSA) is 126 Å². The summed E-state index contributed by atoms with van der Waals surface area (Å²) in [4.78, 5) is 27.8. The number of carbonyl (C=O) groups excluding carboxylic acids is 1. The molecule has 2 aliphatic heterocycles. The molecule has 48 heavy (non-hydrogen) atoms. The van der Waals surface area contributed by atoms with E-state index in [0.29, 0.717) is 47.4 Å². The molecule has 2 saturated heterocycles. The van der Waals surface area contributed by atoms with Gasteiger partial charge in [-0.05, 0) is 48.6 Å². The van der Waals surface area contributed by atoms with E-state index < -0.39 is 26.8 Å². The minimum Gasteiger partial charge on any atom is -0.462 e. The number of hydrogen-bond acceptors (Lipinski definition) is 9. The quantitative estimate of drug-likeness (QED) is 0.157. The molecule has 0 spiro atoms. The maximum Gasteiger partial charge on any atom is 0.332 e. The number of amides is 1. The van der Waals surface area contributed by atoms with Crippen LogP contribution in [0.3, 0.4) is 0 Å². The lowest BCUT2D eigenvalue weighted by atomic mass is 10.0. The van der Waals surface area contributed by atoms with Crippen LogP contribution >= 0.6 is 11.6 Å². The zero-order valence-electron chi connectivity index (χ0n) is 25.6. The number of benzene rings is 3. The molecular formula is C33H30ClF3N6O4S. The van der Waals surface area contributed by atoms with Crippen molar-refractivity contribution in [1.29, 1.82) is 0 Å². The van der Waals surface area contributed by atoms with Crippen LogP contribution in [-0.2, 0) is 10.2 Å². The maximum absolute atomic E-state index is 16.5. The van der Waals surface area contributed by atoms with Crippen molar-refractivity contribution in [2.45, 2.75) is 29.8 Å². The van der Waals surface area contributed by atoms with Crippen LogP contribution in [0.4, 0.5) is 18.5 Å². The van der Waals surface area contributed by atoms with Crippen molar-refractivity contribution in [3.63, 3.8) is 0 Å². The third-order valence-electron chi connectivity index (χ3n) is 8.29. The minimum absolute atomic E-state index is 0.0368. The van der Waals surface area contributed by atoms with E-state index in [0.717, 1.165) is 30.4 Å². The molecule has 0 radical (unpaired) electrons. The molecule has 2 N–H and O–H groups in total. The van der Waals surface area contributed by atoms with Crippen LogP contribution in [0.1, 0.15) is 23.2 Å². The van der Waals surface area contributed by atoms with Gasteiger partial charge in [-0.25, -0.2) is 4.39 Å². The zero-order chi connectivity index (χ0) is 34.0. The number of anilines is 1. The minimum atomic E-state index is -4.87. The first kappa shape index (κ1) is 33.4. The SMILES string of the molecule is CF.O=C(NCCOc1nc(N2CC3CCC(C2)N3)c2cnc(-c3cccc4cccc(Cl)c34)c(F)c2n1)c1ccc(S(=O)(=O)F)cc1. The number of halogens is 4. The average molecular weight is 699 g/mol. The first-order valence-electron chi connectivity index (χ1n) is 15.0. The van der Waals surface area contributed by atoms with Crippen molar-refractivity contribution in [1.82, 2.24) is 25.6 Å². The van der Waals surface area contributed by atoms with Crippen LogP contribution in [0.25, 0.3) is 32.9 Å². The lowest BCUT2D eigenvalue weighted by Crippen LogP contribution is -2.51. The number of pyridine rings is 1.